The van der Waals surface area contributed by atoms with Crippen molar-refractivity contribution in [2.45, 2.75) is 23.5 Å². The minimum atomic E-state index is -0.562. The number of hydrogen-bond acceptors (Lipinski definition) is 5. The topological polar surface area (TPSA) is 59.5 Å². The zero-order valence-corrected chi connectivity index (χ0v) is 16.0. The summed E-state index contributed by atoms with van der Waals surface area (Å²) < 4.78 is 5.86. The Morgan fingerprint density at radius 3 is 2.96 bits per heavy atom. The lowest BCUT2D eigenvalue weighted by Crippen LogP contribution is -2.35. The van der Waals surface area contributed by atoms with Gasteiger partial charge in [0.25, 0.3) is 5.91 Å². The Labute approximate surface area is 158 Å². The molecule has 1 aliphatic heterocycles. The summed E-state index contributed by atoms with van der Waals surface area (Å²) in [5.41, 5.74) is 1.18. The van der Waals surface area contributed by atoms with Gasteiger partial charge in [-0.25, -0.2) is 4.79 Å². The maximum atomic E-state index is 12.6. The van der Waals surface area contributed by atoms with Crippen LogP contribution in [0.15, 0.2) is 52.1 Å². The summed E-state index contributed by atoms with van der Waals surface area (Å²) in [4.78, 5) is 31.4. The fourth-order valence-electron chi connectivity index (χ4n) is 2.56. The molecular formula is C18H17BrN2O3S. The number of rotatable bonds is 3. The van der Waals surface area contributed by atoms with E-state index < -0.39 is 5.97 Å². The molecule has 1 atom stereocenters. The minimum absolute atomic E-state index is 0.224. The second kappa shape index (κ2) is 8.01. The van der Waals surface area contributed by atoms with Crippen LogP contribution in [0.5, 0.6) is 0 Å². The summed E-state index contributed by atoms with van der Waals surface area (Å²) in [6.07, 6.45) is 3.88. The number of halogens is 1. The number of ether oxygens (including phenoxy) is 1. The van der Waals surface area contributed by atoms with Gasteiger partial charge in [0.2, 0.25) is 0 Å². The summed E-state index contributed by atoms with van der Waals surface area (Å²) in [5, 5.41) is 0.425. The average molecular weight is 421 g/mol. The number of esters is 1. The van der Waals surface area contributed by atoms with Gasteiger partial charge in [0.05, 0.1) is 11.3 Å². The number of thioether (sulfide) groups is 1. The summed E-state index contributed by atoms with van der Waals surface area (Å²) in [6.45, 7) is 2.47. The van der Waals surface area contributed by atoms with Crippen molar-refractivity contribution in [3.63, 3.8) is 0 Å². The molecule has 25 heavy (non-hydrogen) atoms. The predicted molar refractivity (Wildman–Crippen MR) is 101 cm³/mol. The maximum absolute atomic E-state index is 12.6. The van der Waals surface area contributed by atoms with E-state index in [1.54, 1.807) is 28.9 Å². The van der Waals surface area contributed by atoms with Gasteiger partial charge in [-0.05, 0) is 40.5 Å². The highest BCUT2D eigenvalue weighted by Crippen LogP contribution is 2.37. The Morgan fingerprint density at radius 1 is 1.36 bits per heavy atom. The van der Waals surface area contributed by atoms with E-state index in [2.05, 4.69) is 27.8 Å². The maximum Gasteiger partial charge on any atom is 0.340 e. The zero-order chi connectivity index (χ0) is 17.8. The molecule has 0 unspecified atom stereocenters. The van der Waals surface area contributed by atoms with Crippen LogP contribution < -0.4 is 4.90 Å². The predicted octanol–water partition coefficient (Wildman–Crippen LogP) is 3.92. The summed E-state index contributed by atoms with van der Waals surface area (Å²) in [5.74, 6) is -0.786. The van der Waals surface area contributed by atoms with Crippen LogP contribution in [0.1, 0.15) is 23.7 Å². The molecule has 1 aromatic carbocycles. The average Bonchev–Trinajstić information content (AvgIpc) is 2.77. The molecule has 130 valence electrons. The first-order valence-corrected chi connectivity index (χ1v) is 9.55. The second-order valence-corrected chi connectivity index (χ2v) is 8.09. The van der Waals surface area contributed by atoms with Gasteiger partial charge in [-0.1, -0.05) is 19.1 Å². The molecule has 5 nitrogen and oxygen atoms in total. The number of para-hydroxylation sites is 1. The number of amides is 1. The zero-order valence-electron chi connectivity index (χ0n) is 13.6. The molecule has 0 saturated carbocycles. The van der Waals surface area contributed by atoms with Crippen LogP contribution in [-0.4, -0.2) is 35.3 Å². The third-order valence-corrected chi connectivity index (χ3v) is 5.48. The number of pyridine rings is 1. The third-order valence-electron chi connectivity index (χ3n) is 3.81. The molecule has 2 heterocycles. The molecule has 0 saturated heterocycles. The summed E-state index contributed by atoms with van der Waals surface area (Å²) in [6, 6.07) is 9.43. The lowest BCUT2D eigenvalue weighted by Gasteiger charge is -2.22. The Balaban J connectivity index is 1.70. The van der Waals surface area contributed by atoms with Crippen LogP contribution in [0.2, 0.25) is 0 Å². The number of aromatic nitrogens is 1. The second-order valence-electron chi connectivity index (χ2n) is 5.70. The van der Waals surface area contributed by atoms with Gasteiger partial charge in [0.15, 0.2) is 6.61 Å². The molecule has 1 aromatic heterocycles. The van der Waals surface area contributed by atoms with Crippen LogP contribution in [-0.2, 0) is 9.53 Å². The van der Waals surface area contributed by atoms with E-state index in [4.69, 9.17) is 4.74 Å². The number of nitrogens with zero attached hydrogens (tertiary/aromatic N) is 2. The molecule has 1 amide bonds. The highest BCUT2D eigenvalue weighted by molar-refractivity contribution is 9.10. The van der Waals surface area contributed by atoms with Crippen molar-refractivity contribution in [1.29, 1.82) is 0 Å². The van der Waals surface area contributed by atoms with Gasteiger partial charge in [0.1, 0.15) is 0 Å². The number of anilines is 1. The van der Waals surface area contributed by atoms with Crippen molar-refractivity contribution < 1.29 is 14.3 Å². The number of carbonyl (C=O) groups excluding carboxylic acids is 2. The fraction of sp³-hybridized carbons (Fsp3) is 0.278. The number of carbonyl (C=O) groups is 2. The van der Waals surface area contributed by atoms with Gasteiger partial charge < -0.3 is 9.64 Å². The van der Waals surface area contributed by atoms with E-state index in [-0.39, 0.29) is 12.5 Å². The third kappa shape index (κ3) is 4.41. The fourth-order valence-corrected chi connectivity index (χ4v) is 4.04. The molecule has 0 N–H and O–H groups in total. The Morgan fingerprint density at radius 2 is 2.16 bits per heavy atom. The first-order chi connectivity index (χ1) is 12.0. The Hall–Kier alpha value is -1.86. The monoisotopic (exact) mass is 420 g/mol. The minimum Gasteiger partial charge on any atom is -0.452 e. The highest BCUT2D eigenvalue weighted by Gasteiger charge is 2.25. The molecule has 0 bridgehead atoms. The Bertz CT molecular complexity index is 799. The van der Waals surface area contributed by atoms with E-state index in [1.165, 1.54) is 6.20 Å². The number of fused-ring (bicyclic) bond motifs is 1. The molecule has 7 heteroatoms. The van der Waals surface area contributed by atoms with Gasteiger partial charge in [-0.2, -0.15) is 0 Å². The van der Waals surface area contributed by atoms with Gasteiger partial charge in [-0.15, -0.1) is 11.8 Å². The normalized spacial score (nSPS) is 16.7. The molecule has 3 rings (SSSR count). The van der Waals surface area contributed by atoms with Crippen LogP contribution in [0.3, 0.4) is 0 Å². The van der Waals surface area contributed by atoms with Gasteiger partial charge in [-0.3, -0.25) is 9.78 Å². The molecule has 0 fully saturated rings. The van der Waals surface area contributed by atoms with E-state index in [1.807, 2.05) is 24.3 Å². The van der Waals surface area contributed by atoms with E-state index >= 15 is 0 Å². The van der Waals surface area contributed by atoms with Crippen molar-refractivity contribution in [2.75, 3.05) is 18.1 Å². The first kappa shape index (κ1) is 17.9. The summed E-state index contributed by atoms with van der Waals surface area (Å²) in [7, 11) is 0. The van der Waals surface area contributed by atoms with Crippen molar-refractivity contribution >= 4 is 45.3 Å². The van der Waals surface area contributed by atoms with E-state index in [0.29, 0.717) is 21.8 Å². The van der Waals surface area contributed by atoms with E-state index in [9.17, 15) is 9.59 Å². The molecule has 2 aromatic rings. The van der Waals surface area contributed by atoms with Crippen LogP contribution >= 0.6 is 27.7 Å². The molecule has 0 radical (unpaired) electrons. The van der Waals surface area contributed by atoms with Crippen LogP contribution in [0.4, 0.5) is 5.69 Å². The van der Waals surface area contributed by atoms with Crippen LogP contribution in [0.25, 0.3) is 0 Å². The quantitative estimate of drug-likeness (QED) is 0.704. The molecule has 1 aliphatic rings. The number of benzene rings is 1. The molecule has 0 aliphatic carbocycles. The van der Waals surface area contributed by atoms with Gasteiger partial charge in [0, 0.05) is 33.6 Å². The van der Waals surface area contributed by atoms with Gasteiger partial charge >= 0.3 is 5.97 Å². The first-order valence-electron chi connectivity index (χ1n) is 7.88. The molecule has 0 spiro atoms. The lowest BCUT2D eigenvalue weighted by molar-refractivity contribution is -0.121. The summed E-state index contributed by atoms with van der Waals surface area (Å²) >= 11 is 5.02. The van der Waals surface area contributed by atoms with Crippen molar-refractivity contribution in [3.05, 3.63) is 52.8 Å². The standard InChI is InChI=1S/C18H17BrN2O3S/c1-12-6-7-21(15-4-2-3-5-16(15)25-12)17(22)11-24-18(23)13-8-14(19)10-20-9-13/h2-5,8-10,12H,6-7,11H2,1H3/t12-/m0/s1. The largest absolute Gasteiger partial charge is 0.452 e. The van der Waals surface area contributed by atoms with Crippen molar-refractivity contribution in [3.8, 4) is 0 Å². The lowest BCUT2D eigenvalue weighted by atomic mass is 10.2. The SMILES string of the molecule is C[C@H]1CCN(C(=O)COC(=O)c2cncc(Br)c2)c2ccccc2S1. The number of hydrogen-bond donors (Lipinski definition) is 0. The van der Waals surface area contributed by atoms with Crippen molar-refractivity contribution in [2.24, 2.45) is 0 Å². The van der Waals surface area contributed by atoms with Crippen molar-refractivity contribution in [1.82, 2.24) is 4.98 Å². The highest BCUT2D eigenvalue weighted by atomic mass is 79.9. The Kier molecular flexibility index (Phi) is 5.75. The molecular weight excluding hydrogens is 404 g/mol. The smallest absolute Gasteiger partial charge is 0.340 e. The van der Waals surface area contributed by atoms with Crippen LogP contribution in [0, 0.1) is 0 Å². The van der Waals surface area contributed by atoms with E-state index in [0.717, 1.165) is 17.0 Å².